The standard InChI is InChI=1S/C17H19ClN2O3S/c1-11-5-6-13(10-16(11)20(3)24(4,22)23)17(21)19-15-8-7-14(18)9-12(15)2/h5-10H,1-4H3,(H,19,21). The van der Waals surface area contributed by atoms with Gasteiger partial charge in [-0.25, -0.2) is 8.42 Å². The zero-order valence-electron chi connectivity index (χ0n) is 13.9. The summed E-state index contributed by atoms with van der Waals surface area (Å²) in [5.74, 6) is -0.316. The molecule has 24 heavy (non-hydrogen) atoms. The number of halogens is 1. The first kappa shape index (κ1) is 18.3. The molecule has 0 spiro atoms. The van der Waals surface area contributed by atoms with Crippen LogP contribution in [0.1, 0.15) is 21.5 Å². The first-order valence-corrected chi connectivity index (χ1v) is 9.44. The smallest absolute Gasteiger partial charge is 0.255 e. The van der Waals surface area contributed by atoms with Crippen LogP contribution in [0.2, 0.25) is 5.02 Å². The quantitative estimate of drug-likeness (QED) is 0.898. The number of hydrogen-bond donors (Lipinski definition) is 1. The van der Waals surface area contributed by atoms with Crippen molar-refractivity contribution in [2.45, 2.75) is 13.8 Å². The van der Waals surface area contributed by atoms with Gasteiger partial charge in [0.05, 0.1) is 11.9 Å². The molecule has 0 atom stereocenters. The Hall–Kier alpha value is -2.05. The third-order valence-corrected chi connectivity index (χ3v) is 5.17. The van der Waals surface area contributed by atoms with Crippen molar-refractivity contribution < 1.29 is 13.2 Å². The van der Waals surface area contributed by atoms with Crippen molar-refractivity contribution in [1.29, 1.82) is 0 Å². The van der Waals surface area contributed by atoms with Crippen molar-refractivity contribution in [2.24, 2.45) is 0 Å². The summed E-state index contributed by atoms with van der Waals surface area (Å²) in [7, 11) is -1.94. The van der Waals surface area contributed by atoms with E-state index >= 15 is 0 Å². The summed E-state index contributed by atoms with van der Waals surface area (Å²) >= 11 is 5.91. The maximum absolute atomic E-state index is 12.5. The molecule has 0 aliphatic rings. The summed E-state index contributed by atoms with van der Waals surface area (Å²) in [6.07, 6.45) is 1.12. The normalized spacial score (nSPS) is 11.2. The average molecular weight is 367 g/mol. The lowest BCUT2D eigenvalue weighted by Gasteiger charge is -2.20. The molecule has 2 rings (SSSR count). The summed E-state index contributed by atoms with van der Waals surface area (Å²) in [5.41, 5.74) is 3.11. The number of rotatable bonds is 4. The van der Waals surface area contributed by atoms with Gasteiger partial charge in [-0.3, -0.25) is 9.10 Å². The van der Waals surface area contributed by atoms with E-state index in [9.17, 15) is 13.2 Å². The predicted molar refractivity (Wildman–Crippen MR) is 98.6 cm³/mol. The summed E-state index contributed by atoms with van der Waals surface area (Å²) in [6, 6.07) is 10.1. The first-order valence-electron chi connectivity index (χ1n) is 7.21. The number of sulfonamides is 1. The number of amides is 1. The molecule has 7 heteroatoms. The molecule has 1 N–H and O–H groups in total. The second kappa shape index (κ2) is 6.83. The number of nitrogens with one attached hydrogen (secondary N) is 1. The Kier molecular flexibility index (Phi) is 5.20. The topological polar surface area (TPSA) is 66.5 Å². The number of anilines is 2. The van der Waals surface area contributed by atoms with Crippen LogP contribution in [0, 0.1) is 13.8 Å². The molecule has 2 aromatic carbocycles. The van der Waals surface area contributed by atoms with Crippen LogP contribution < -0.4 is 9.62 Å². The highest BCUT2D eigenvalue weighted by atomic mass is 35.5. The lowest BCUT2D eigenvalue weighted by molar-refractivity contribution is 0.102. The zero-order valence-corrected chi connectivity index (χ0v) is 15.5. The maximum Gasteiger partial charge on any atom is 0.255 e. The molecule has 0 saturated carbocycles. The number of carbonyl (C=O) groups is 1. The third kappa shape index (κ3) is 4.07. The number of hydrogen-bond acceptors (Lipinski definition) is 3. The summed E-state index contributed by atoms with van der Waals surface area (Å²) in [5, 5.41) is 3.41. The van der Waals surface area contributed by atoms with E-state index < -0.39 is 10.0 Å². The van der Waals surface area contributed by atoms with Crippen LogP contribution in [-0.2, 0) is 10.0 Å². The van der Waals surface area contributed by atoms with Gasteiger partial charge < -0.3 is 5.32 Å². The van der Waals surface area contributed by atoms with Crippen LogP contribution in [0.4, 0.5) is 11.4 Å². The highest BCUT2D eigenvalue weighted by molar-refractivity contribution is 7.92. The first-order chi connectivity index (χ1) is 11.1. The molecule has 0 bridgehead atoms. The minimum absolute atomic E-state index is 0.316. The summed E-state index contributed by atoms with van der Waals surface area (Å²) in [6.45, 7) is 3.64. The molecule has 0 heterocycles. The van der Waals surface area contributed by atoms with Gasteiger partial charge in [0, 0.05) is 23.3 Å². The van der Waals surface area contributed by atoms with Crippen LogP contribution in [0.15, 0.2) is 36.4 Å². The van der Waals surface area contributed by atoms with Gasteiger partial charge >= 0.3 is 0 Å². The molecule has 128 valence electrons. The Morgan fingerprint density at radius 1 is 1.08 bits per heavy atom. The van der Waals surface area contributed by atoms with Gasteiger partial charge in [-0.1, -0.05) is 17.7 Å². The van der Waals surface area contributed by atoms with E-state index in [1.807, 2.05) is 6.92 Å². The van der Waals surface area contributed by atoms with Gasteiger partial charge in [0.15, 0.2) is 0 Å². The molecule has 0 unspecified atom stereocenters. The summed E-state index contributed by atoms with van der Waals surface area (Å²) in [4.78, 5) is 12.5. The highest BCUT2D eigenvalue weighted by Gasteiger charge is 2.17. The second-order valence-electron chi connectivity index (χ2n) is 5.65. The van der Waals surface area contributed by atoms with Crippen molar-refractivity contribution in [3.63, 3.8) is 0 Å². The van der Waals surface area contributed by atoms with E-state index in [0.29, 0.717) is 22.0 Å². The minimum atomic E-state index is -3.40. The van der Waals surface area contributed by atoms with Gasteiger partial charge in [-0.15, -0.1) is 0 Å². The van der Waals surface area contributed by atoms with E-state index in [2.05, 4.69) is 5.32 Å². The molecule has 2 aromatic rings. The second-order valence-corrected chi connectivity index (χ2v) is 8.10. The fourth-order valence-corrected chi connectivity index (χ4v) is 3.01. The van der Waals surface area contributed by atoms with Gasteiger partial charge in [0.25, 0.3) is 5.91 Å². The molecule has 1 amide bonds. The summed E-state index contributed by atoms with van der Waals surface area (Å²) < 4.78 is 24.7. The molecular formula is C17H19ClN2O3S. The Morgan fingerprint density at radius 3 is 2.33 bits per heavy atom. The monoisotopic (exact) mass is 366 g/mol. The number of benzene rings is 2. The number of aryl methyl sites for hydroxylation is 2. The minimum Gasteiger partial charge on any atom is -0.322 e. The fourth-order valence-electron chi connectivity index (χ4n) is 2.23. The van der Waals surface area contributed by atoms with Crippen LogP contribution in [0.3, 0.4) is 0 Å². The third-order valence-electron chi connectivity index (χ3n) is 3.74. The maximum atomic E-state index is 12.5. The van der Waals surface area contributed by atoms with Gasteiger partial charge in [0.2, 0.25) is 10.0 Å². The van der Waals surface area contributed by atoms with Crippen molar-refractivity contribution in [3.05, 3.63) is 58.1 Å². The molecule has 0 saturated heterocycles. The lowest BCUT2D eigenvalue weighted by Crippen LogP contribution is -2.26. The fraction of sp³-hybridized carbons (Fsp3) is 0.235. The van der Waals surface area contributed by atoms with E-state index in [4.69, 9.17) is 11.6 Å². The van der Waals surface area contributed by atoms with Crippen LogP contribution in [0.25, 0.3) is 0 Å². The van der Waals surface area contributed by atoms with Crippen molar-refractivity contribution >= 4 is 38.9 Å². The molecule has 0 fully saturated rings. The van der Waals surface area contributed by atoms with E-state index in [0.717, 1.165) is 21.7 Å². The predicted octanol–water partition coefficient (Wildman–Crippen LogP) is 3.60. The van der Waals surface area contributed by atoms with Crippen molar-refractivity contribution in [3.8, 4) is 0 Å². The van der Waals surface area contributed by atoms with Crippen molar-refractivity contribution in [1.82, 2.24) is 0 Å². The van der Waals surface area contributed by atoms with E-state index in [1.165, 1.54) is 7.05 Å². The molecule has 0 aromatic heterocycles. The average Bonchev–Trinajstić information content (AvgIpc) is 2.49. The van der Waals surface area contributed by atoms with E-state index in [-0.39, 0.29) is 5.91 Å². The Morgan fingerprint density at radius 2 is 1.75 bits per heavy atom. The van der Waals surface area contributed by atoms with Crippen LogP contribution in [-0.4, -0.2) is 27.6 Å². The van der Waals surface area contributed by atoms with Crippen LogP contribution >= 0.6 is 11.6 Å². The lowest BCUT2D eigenvalue weighted by atomic mass is 10.1. The molecular weight excluding hydrogens is 348 g/mol. The zero-order chi connectivity index (χ0) is 18.1. The van der Waals surface area contributed by atoms with Gasteiger partial charge in [0.1, 0.15) is 0 Å². The van der Waals surface area contributed by atoms with E-state index in [1.54, 1.807) is 43.3 Å². The number of carbonyl (C=O) groups excluding carboxylic acids is 1. The van der Waals surface area contributed by atoms with Gasteiger partial charge in [-0.2, -0.15) is 0 Å². The van der Waals surface area contributed by atoms with Crippen LogP contribution in [0.5, 0.6) is 0 Å². The SMILES string of the molecule is Cc1cc(Cl)ccc1NC(=O)c1ccc(C)c(N(C)S(C)(=O)=O)c1. The Balaban J connectivity index is 2.33. The number of nitrogens with zero attached hydrogens (tertiary/aromatic N) is 1. The highest BCUT2D eigenvalue weighted by Crippen LogP contribution is 2.24. The Labute approximate surface area is 147 Å². The van der Waals surface area contributed by atoms with Crippen molar-refractivity contribution in [2.75, 3.05) is 22.9 Å². The molecule has 5 nitrogen and oxygen atoms in total. The largest absolute Gasteiger partial charge is 0.322 e. The Bertz CT molecular complexity index is 895. The van der Waals surface area contributed by atoms with Gasteiger partial charge in [-0.05, 0) is 55.3 Å². The molecule has 0 aliphatic heterocycles. The molecule has 0 radical (unpaired) electrons. The molecule has 0 aliphatic carbocycles.